The van der Waals surface area contributed by atoms with Crippen LogP contribution in [0, 0.1) is 0 Å². The van der Waals surface area contributed by atoms with Gasteiger partial charge in [-0.1, -0.05) is 30.3 Å². The molecule has 1 aliphatic rings. The molecule has 0 fully saturated rings. The Balaban J connectivity index is 1.47. The number of hydrogen-bond donors (Lipinski definition) is 2. The van der Waals surface area contributed by atoms with Crippen molar-refractivity contribution in [1.29, 1.82) is 0 Å². The minimum atomic E-state index is 0.171. The van der Waals surface area contributed by atoms with Crippen LogP contribution in [0.3, 0.4) is 0 Å². The van der Waals surface area contributed by atoms with Gasteiger partial charge in [0.25, 0.3) is 0 Å². The first kappa shape index (κ1) is 16.0. The van der Waals surface area contributed by atoms with Crippen LogP contribution in [-0.4, -0.2) is 31.1 Å². The third-order valence-corrected chi connectivity index (χ3v) is 4.69. The largest absolute Gasteiger partial charge is 0.312 e. The summed E-state index contributed by atoms with van der Waals surface area (Å²) in [5.74, 6) is 2.01. The van der Waals surface area contributed by atoms with Gasteiger partial charge < -0.3 is 15.2 Å². The molecule has 2 aromatic heterocycles. The van der Waals surface area contributed by atoms with E-state index in [9.17, 15) is 0 Å². The van der Waals surface area contributed by atoms with Gasteiger partial charge in [0.1, 0.15) is 11.6 Å². The first-order chi connectivity index (χ1) is 12.2. The Morgan fingerprint density at radius 2 is 2.08 bits per heavy atom. The minimum Gasteiger partial charge on any atom is -0.312 e. The van der Waals surface area contributed by atoms with E-state index in [-0.39, 0.29) is 6.04 Å². The highest BCUT2D eigenvalue weighted by atomic mass is 15.3. The van der Waals surface area contributed by atoms with Gasteiger partial charge in [0.15, 0.2) is 0 Å². The molecule has 7 heteroatoms. The molecule has 3 heterocycles. The van der Waals surface area contributed by atoms with Gasteiger partial charge in [-0.2, -0.15) is 5.10 Å². The molecular formula is C18H23N7. The molecule has 0 radical (unpaired) electrons. The van der Waals surface area contributed by atoms with Crippen molar-refractivity contribution in [3.05, 3.63) is 53.7 Å². The van der Waals surface area contributed by atoms with Crippen LogP contribution in [-0.2, 0) is 26.7 Å². The minimum absolute atomic E-state index is 0.171. The lowest BCUT2D eigenvalue weighted by molar-refractivity contribution is 0.468. The van der Waals surface area contributed by atoms with E-state index in [2.05, 4.69) is 55.6 Å². The van der Waals surface area contributed by atoms with Gasteiger partial charge in [0, 0.05) is 31.7 Å². The number of nitrogens with one attached hydrogen (secondary N) is 2. The second-order valence-electron chi connectivity index (χ2n) is 6.41. The summed E-state index contributed by atoms with van der Waals surface area (Å²) in [7, 11) is 1.99. The summed E-state index contributed by atoms with van der Waals surface area (Å²) in [6, 6.07) is 12.6. The standard InChI is InChI=1S/C18H23N7/c1-13(20-12-18-22-21-17-11-19-8-9-25(17)18)16-10-15(23-24(16)2)14-6-4-3-5-7-14/h3-7,10,13,19-20H,8-9,11-12H2,1-2H3. The molecule has 0 bridgehead atoms. The van der Waals surface area contributed by atoms with Crippen molar-refractivity contribution in [2.24, 2.45) is 7.05 Å². The maximum atomic E-state index is 4.65. The predicted octanol–water partition coefficient (Wildman–Crippen LogP) is 1.63. The lowest BCUT2D eigenvalue weighted by Crippen LogP contribution is -2.30. The molecule has 0 aliphatic carbocycles. The number of fused-ring (bicyclic) bond motifs is 1. The van der Waals surface area contributed by atoms with E-state index in [0.29, 0.717) is 6.54 Å². The molecule has 3 aromatic rings. The van der Waals surface area contributed by atoms with Crippen LogP contribution in [0.15, 0.2) is 36.4 Å². The summed E-state index contributed by atoms with van der Waals surface area (Å²) in [6.07, 6.45) is 0. The maximum absolute atomic E-state index is 4.65. The van der Waals surface area contributed by atoms with Crippen molar-refractivity contribution in [2.75, 3.05) is 6.54 Å². The number of benzene rings is 1. The smallest absolute Gasteiger partial charge is 0.147 e. The van der Waals surface area contributed by atoms with Crippen LogP contribution < -0.4 is 10.6 Å². The first-order valence-corrected chi connectivity index (χ1v) is 8.67. The lowest BCUT2D eigenvalue weighted by atomic mass is 10.1. The zero-order valence-electron chi connectivity index (χ0n) is 14.6. The Morgan fingerprint density at radius 1 is 1.24 bits per heavy atom. The van der Waals surface area contributed by atoms with Gasteiger partial charge in [-0.3, -0.25) is 4.68 Å². The monoisotopic (exact) mass is 337 g/mol. The van der Waals surface area contributed by atoms with Gasteiger partial charge >= 0.3 is 0 Å². The van der Waals surface area contributed by atoms with E-state index < -0.39 is 0 Å². The van der Waals surface area contributed by atoms with Crippen LogP contribution in [0.25, 0.3) is 11.3 Å². The molecule has 0 saturated heterocycles. The van der Waals surface area contributed by atoms with Gasteiger partial charge in [-0.15, -0.1) is 10.2 Å². The van der Waals surface area contributed by atoms with E-state index in [1.807, 2.05) is 29.9 Å². The average molecular weight is 337 g/mol. The molecule has 0 amide bonds. The Bertz CT molecular complexity index is 850. The fourth-order valence-corrected chi connectivity index (χ4v) is 3.27. The molecule has 4 rings (SSSR count). The van der Waals surface area contributed by atoms with Gasteiger partial charge in [-0.25, -0.2) is 0 Å². The van der Waals surface area contributed by atoms with Gasteiger partial charge in [-0.05, 0) is 13.0 Å². The third-order valence-electron chi connectivity index (χ3n) is 4.69. The summed E-state index contributed by atoms with van der Waals surface area (Å²) >= 11 is 0. The zero-order chi connectivity index (χ0) is 17.2. The SMILES string of the molecule is CC(NCc1nnc2n1CCNC2)c1cc(-c2ccccc2)nn1C. The molecule has 1 aliphatic heterocycles. The molecule has 0 saturated carbocycles. The summed E-state index contributed by atoms with van der Waals surface area (Å²) in [4.78, 5) is 0. The number of nitrogens with zero attached hydrogens (tertiary/aromatic N) is 5. The van der Waals surface area contributed by atoms with Gasteiger partial charge in [0.05, 0.1) is 24.5 Å². The summed E-state index contributed by atoms with van der Waals surface area (Å²) < 4.78 is 4.15. The molecule has 7 nitrogen and oxygen atoms in total. The third kappa shape index (κ3) is 3.20. The van der Waals surface area contributed by atoms with Gasteiger partial charge in [0.2, 0.25) is 0 Å². The normalized spacial score (nSPS) is 15.1. The Morgan fingerprint density at radius 3 is 2.92 bits per heavy atom. The predicted molar refractivity (Wildman–Crippen MR) is 95.6 cm³/mol. The lowest BCUT2D eigenvalue weighted by Gasteiger charge is -2.18. The van der Waals surface area contributed by atoms with Crippen molar-refractivity contribution < 1.29 is 0 Å². The van der Waals surface area contributed by atoms with Crippen LogP contribution in [0.1, 0.15) is 30.3 Å². The van der Waals surface area contributed by atoms with Crippen LogP contribution in [0.2, 0.25) is 0 Å². The van der Waals surface area contributed by atoms with E-state index in [0.717, 1.165) is 48.2 Å². The number of aromatic nitrogens is 5. The van der Waals surface area contributed by atoms with E-state index in [1.54, 1.807) is 0 Å². The second-order valence-corrected chi connectivity index (χ2v) is 6.41. The van der Waals surface area contributed by atoms with E-state index in [1.165, 1.54) is 0 Å². The zero-order valence-corrected chi connectivity index (χ0v) is 14.6. The fourth-order valence-electron chi connectivity index (χ4n) is 3.27. The molecule has 2 N–H and O–H groups in total. The molecule has 1 atom stereocenters. The summed E-state index contributed by atoms with van der Waals surface area (Å²) in [6.45, 7) is 5.54. The number of rotatable bonds is 5. The van der Waals surface area contributed by atoms with Crippen molar-refractivity contribution in [3.8, 4) is 11.3 Å². The fraction of sp³-hybridized carbons (Fsp3) is 0.389. The Labute approximate surface area is 147 Å². The highest BCUT2D eigenvalue weighted by Crippen LogP contribution is 2.22. The highest BCUT2D eigenvalue weighted by Gasteiger charge is 2.17. The molecule has 0 spiro atoms. The molecule has 25 heavy (non-hydrogen) atoms. The number of aryl methyl sites for hydroxylation is 1. The highest BCUT2D eigenvalue weighted by molar-refractivity contribution is 5.59. The van der Waals surface area contributed by atoms with E-state index in [4.69, 9.17) is 0 Å². The van der Waals surface area contributed by atoms with Crippen molar-refractivity contribution >= 4 is 0 Å². The molecular weight excluding hydrogens is 314 g/mol. The molecule has 1 unspecified atom stereocenters. The van der Waals surface area contributed by atoms with Crippen molar-refractivity contribution in [1.82, 2.24) is 35.2 Å². The summed E-state index contributed by atoms with van der Waals surface area (Å²) in [5.41, 5.74) is 3.28. The first-order valence-electron chi connectivity index (χ1n) is 8.67. The average Bonchev–Trinajstić information content (AvgIpc) is 3.24. The van der Waals surface area contributed by atoms with Crippen LogP contribution >= 0.6 is 0 Å². The van der Waals surface area contributed by atoms with E-state index >= 15 is 0 Å². The molecule has 130 valence electrons. The van der Waals surface area contributed by atoms with Crippen molar-refractivity contribution in [3.63, 3.8) is 0 Å². The Kier molecular flexibility index (Phi) is 4.33. The second kappa shape index (κ2) is 6.78. The number of hydrogen-bond acceptors (Lipinski definition) is 5. The van der Waals surface area contributed by atoms with Crippen LogP contribution in [0.5, 0.6) is 0 Å². The Hall–Kier alpha value is -2.51. The van der Waals surface area contributed by atoms with Crippen molar-refractivity contribution in [2.45, 2.75) is 32.6 Å². The van der Waals surface area contributed by atoms with Crippen LogP contribution in [0.4, 0.5) is 0 Å². The summed E-state index contributed by atoms with van der Waals surface area (Å²) in [5, 5.41) is 20.1. The molecule has 1 aromatic carbocycles. The topological polar surface area (TPSA) is 72.6 Å². The quantitative estimate of drug-likeness (QED) is 0.740. The maximum Gasteiger partial charge on any atom is 0.147 e.